The van der Waals surface area contributed by atoms with E-state index in [1.807, 2.05) is 31.2 Å². The molecule has 0 aromatic heterocycles. The molecule has 0 radical (unpaired) electrons. The number of benzene rings is 3. The Morgan fingerprint density at radius 1 is 1.02 bits per heavy atom. The lowest BCUT2D eigenvalue weighted by molar-refractivity contribution is -0.365. The summed E-state index contributed by atoms with van der Waals surface area (Å²) in [6.07, 6.45) is -4.46. The Bertz CT molecular complexity index is 1440. The van der Waals surface area contributed by atoms with E-state index in [1.165, 1.54) is 19.2 Å². The normalized spacial score (nSPS) is 24.6. The second-order valence-corrected chi connectivity index (χ2v) is 11.8. The number of hydrogen-bond donors (Lipinski definition) is 3. The fourth-order valence-electron chi connectivity index (χ4n) is 4.59. The zero-order valence-corrected chi connectivity index (χ0v) is 24.2. The maximum atomic E-state index is 12.7. The van der Waals surface area contributed by atoms with Crippen LogP contribution in [0, 0.1) is 6.92 Å². The molecule has 3 aromatic rings. The summed E-state index contributed by atoms with van der Waals surface area (Å²) in [7, 11) is -2.93. The summed E-state index contributed by atoms with van der Waals surface area (Å²) in [5.74, 6) is -1.28. The average molecular weight is 605 g/mol. The fourth-order valence-corrected chi connectivity index (χ4v) is 5.69. The van der Waals surface area contributed by atoms with Crippen molar-refractivity contribution in [2.75, 3.05) is 20.3 Å². The summed E-state index contributed by atoms with van der Waals surface area (Å²) in [5, 5.41) is 32.9. The fraction of sp³-hybridized carbons (Fsp3) is 0.333. The summed E-state index contributed by atoms with van der Waals surface area (Å²) in [6, 6.07) is 18.3. The van der Waals surface area contributed by atoms with Gasteiger partial charge in [-0.2, -0.15) is 8.42 Å². The third kappa shape index (κ3) is 6.82. The largest absolute Gasteiger partial charge is 0.490 e. The van der Waals surface area contributed by atoms with Crippen LogP contribution in [-0.2, 0) is 36.0 Å². The topological polar surface area (TPSA) is 132 Å². The minimum atomic E-state index is -4.20. The monoisotopic (exact) mass is 604 g/mol. The summed E-state index contributed by atoms with van der Waals surface area (Å²) < 4.78 is 47.8. The van der Waals surface area contributed by atoms with Crippen molar-refractivity contribution in [3.05, 3.63) is 107 Å². The predicted molar refractivity (Wildman–Crippen MR) is 152 cm³/mol. The van der Waals surface area contributed by atoms with Gasteiger partial charge >= 0.3 is 0 Å². The van der Waals surface area contributed by atoms with Crippen molar-refractivity contribution in [1.82, 2.24) is 0 Å². The third-order valence-corrected chi connectivity index (χ3v) is 8.57. The molecule has 0 spiro atoms. The molecule has 1 heterocycles. The Kier molecular flexibility index (Phi) is 9.89. The summed E-state index contributed by atoms with van der Waals surface area (Å²) >= 11 is 6.50. The first-order valence-corrected chi connectivity index (χ1v) is 14.6. The zero-order chi connectivity index (χ0) is 29.8. The molecule has 0 saturated carbocycles. The Morgan fingerprint density at radius 3 is 2.34 bits per heavy atom. The molecule has 11 heteroatoms. The van der Waals surface area contributed by atoms with E-state index in [1.54, 1.807) is 36.4 Å². The molecule has 0 bridgehead atoms. The van der Waals surface area contributed by atoms with Crippen molar-refractivity contribution >= 4 is 21.7 Å². The lowest BCUT2D eigenvalue weighted by atomic mass is 9.87. The number of rotatable bonds is 11. The highest BCUT2D eigenvalue weighted by Gasteiger charge is 2.55. The molecule has 4 rings (SSSR count). The number of ether oxygens (including phenoxy) is 3. The van der Waals surface area contributed by atoms with Crippen LogP contribution in [0.1, 0.15) is 22.3 Å². The first kappa shape index (κ1) is 31.1. The Balaban J connectivity index is 1.58. The van der Waals surface area contributed by atoms with Crippen LogP contribution in [0.15, 0.2) is 84.3 Å². The van der Waals surface area contributed by atoms with Crippen molar-refractivity contribution < 1.29 is 42.1 Å². The van der Waals surface area contributed by atoms with Crippen LogP contribution < -0.4 is 4.74 Å². The molecule has 41 heavy (non-hydrogen) atoms. The Hall–Kier alpha value is -2.80. The summed E-state index contributed by atoms with van der Waals surface area (Å²) in [6.45, 7) is 5.19. The maximum absolute atomic E-state index is 12.7. The van der Waals surface area contributed by atoms with E-state index in [0.717, 1.165) is 11.1 Å². The highest BCUT2D eigenvalue weighted by molar-refractivity contribution is 7.86. The van der Waals surface area contributed by atoms with Gasteiger partial charge in [-0.25, -0.2) is 0 Å². The quantitative estimate of drug-likeness (QED) is 0.222. The van der Waals surface area contributed by atoms with Crippen LogP contribution in [-0.4, -0.2) is 68.5 Å². The van der Waals surface area contributed by atoms with E-state index in [9.17, 15) is 23.7 Å². The highest BCUT2D eigenvalue weighted by atomic mass is 35.5. The predicted octanol–water partition coefficient (Wildman–Crippen LogP) is 3.49. The van der Waals surface area contributed by atoms with Gasteiger partial charge in [0.25, 0.3) is 10.1 Å². The van der Waals surface area contributed by atoms with Gasteiger partial charge in [0.2, 0.25) is 5.79 Å². The maximum Gasteiger partial charge on any atom is 0.297 e. The molecule has 1 aliphatic rings. The van der Waals surface area contributed by atoms with Gasteiger partial charge in [0.15, 0.2) is 0 Å². The second kappa shape index (κ2) is 13.0. The molecular weight excluding hydrogens is 572 g/mol. The van der Waals surface area contributed by atoms with Gasteiger partial charge < -0.3 is 29.5 Å². The van der Waals surface area contributed by atoms with E-state index in [-0.39, 0.29) is 4.90 Å². The van der Waals surface area contributed by atoms with Crippen LogP contribution in [0.2, 0.25) is 5.02 Å². The van der Waals surface area contributed by atoms with E-state index >= 15 is 0 Å². The molecule has 220 valence electrons. The van der Waals surface area contributed by atoms with Gasteiger partial charge in [-0.1, -0.05) is 60.2 Å². The lowest BCUT2D eigenvalue weighted by Gasteiger charge is -2.48. The van der Waals surface area contributed by atoms with E-state index in [2.05, 4.69) is 6.58 Å². The van der Waals surface area contributed by atoms with Gasteiger partial charge in [0.1, 0.15) is 36.8 Å². The van der Waals surface area contributed by atoms with Crippen LogP contribution in [0.25, 0.3) is 0 Å². The minimum absolute atomic E-state index is 0.0744. The van der Waals surface area contributed by atoms with Crippen molar-refractivity contribution in [3.8, 4) is 5.75 Å². The second-order valence-electron chi connectivity index (χ2n) is 9.73. The molecular formula is C30H33ClO9S. The Labute approximate surface area is 244 Å². The minimum Gasteiger partial charge on any atom is -0.490 e. The first-order chi connectivity index (χ1) is 19.5. The van der Waals surface area contributed by atoms with Gasteiger partial charge in [-0.15, -0.1) is 0 Å². The molecule has 3 aromatic carbocycles. The summed E-state index contributed by atoms with van der Waals surface area (Å²) in [4.78, 5) is -0.0744. The SMILES string of the molecule is C=CCOc1ccc(Cc2cc([C@]3(OC)O[C@H](COS(=O)(=O)c4ccc(C)cc4)[C@@H](O)C(O)C3O)ccc2Cl)cc1. The van der Waals surface area contributed by atoms with Gasteiger partial charge in [0, 0.05) is 17.7 Å². The molecule has 2 unspecified atom stereocenters. The van der Waals surface area contributed by atoms with Gasteiger partial charge in [0.05, 0.1) is 11.5 Å². The Morgan fingerprint density at radius 2 is 1.71 bits per heavy atom. The number of hydrogen-bond acceptors (Lipinski definition) is 9. The van der Waals surface area contributed by atoms with Gasteiger partial charge in [-0.05, 0) is 60.9 Å². The van der Waals surface area contributed by atoms with Gasteiger partial charge in [-0.3, -0.25) is 4.18 Å². The molecule has 0 amide bonds. The molecule has 1 fully saturated rings. The lowest BCUT2D eigenvalue weighted by Crippen LogP contribution is -2.64. The van der Waals surface area contributed by atoms with Crippen LogP contribution in [0.4, 0.5) is 0 Å². The zero-order valence-electron chi connectivity index (χ0n) is 22.6. The van der Waals surface area contributed by atoms with Crippen LogP contribution in [0.5, 0.6) is 5.75 Å². The average Bonchev–Trinajstić information content (AvgIpc) is 2.97. The van der Waals surface area contributed by atoms with E-state index in [4.69, 9.17) is 30.0 Å². The number of methoxy groups -OCH3 is 1. The molecule has 1 aliphatic heterocycles. The number of aliphatic hydroxyl groups excluding tert-OH is 3. The molecule has 1 saturated heterocycles. The molecule has 3 N–H and O–H groups in total. The van der Waals surface area contributed by atoms with Crippen molar-refractivity contribution in [2.45, 2.75) is 48.4 Å². The standard InChI is InChI=1S/C30H33ClO9S/c1-4-15-38-23-10-7-20(8-11-23)16-21-17-22(9-14-25(21)31)30(37-3)29(34)28(33)27(32)26(40-30)18-39-41(35,36)24-12-5-19(2)6-13-24/h4-14,17,26-29,32-34H,1,15-16,18H2,2-3H3/t26-,27-,28?,29?,30+/m1/s1. The highest BCUT2D eigenvalue weighted by Crippen LogP contribution is 2.41. The van der Waals surface area contributed by atoms with Crippen molar-refractivity contribution in [3.63, 3.8) is 0 Å². The number of aryl methyl sites for hydroxylation is 1. The molecule has 9 nitrogen and oxygen atoms in total. The number of halogens is 1. The van der Waals surface area contributed by atoms with Crippen molar-refractivity contribution in [2.24, 2.45) is 0 Å². The smallest absolute Gasteiger partial charge is 0.297 e. The number of aliphatic hydroxyl groups is 3. The summed E-state index contributed by atoms with van der Waals surface area (Å²) in [5.41, 5.74) is 2.77. The van der Waals surface area contributed by atoms with Crippen LogP contribution >= 0.6 is 11.6 Å². The molecule has 5 atom stereocenters. The molecule has 0 aliphatic carbocycles. The van der Waals surface area contributed by atoms with E-state index in [0.29, 0.717) is 34.9 Å². The first-order valence-electron chi connectivity index (χ1n) is 12.9. The van der Waals surface area contributed by atoms with Crippen LogP contribution in [0.3, 0.4) is 0 Å². The third-order valence-electron chi connectivity index (χ3n) is 6.90. The van der Waals surface area contributed by atoms with E-state index < -0.39 is 46.9 Å². The van der Waals surface area contributed by atoms with Crippen molar-refractivity contribution in [1.29, 1.82) is 0 Å².